The van der Waals surface area contributed by atoms with Crippen LogP contribution in [-0.4, -0.2) is 0 Å². The zero-order valence-corrected chi connectivity index (χ0v) is 45.5. The Labute approximate surface area is 478 Å². The molecule has 13 aromatic rings. The first-order valence-corrected chi connectivity index (χ1v) is 28.6. The summed E-state index contributed by atoms with van der Waals surface area (Å²) in [6.45, 7) is 4.66. The van der Waals surface area contributed by atoms with Crippen LogP contribution in [0.15, 0.2) is 255 Å². The highest BCUT2D eigenvalue weighted by Gasteiger charge is 2.39. The van der Waals surface area contributed by atoms with E-state index in [0.717, 1.165) is 102 Å². The van der Waals surface area contributed by atoms with Crippen molar-refractivity contribution >= 4 is 65.6 Å². The molecule has 0 saturated heterocycles. The average molecular weight is 1070 g/mol. The van der Waals surface area contributed by atoms with Crippen molar-refractivity contribution in [3.63, 3.8) is 0 Å². The molecule has 82 heavy (non-hydrogen) atoms. The molecule has 7 heteroatoms. The number of hydrogen-bond donors (Lipinski definition) is 0. The molecule has 5 heterocycles. The van der Waals surface area contributed by atoms with Gasteiger partial charge in [0.1, 0.15) is 11.4 Å². The fourth-order valence-corrected chi connectivity index (χ4v) is 14.2. The molecule has 18 rings (SSSR count). The molecule has 5 aliphatic rings. The van der Waals surface area contributed by atoms with Gasteiger partial charge in [0.15, 0.2) is 46.0 Å². The van der Waals surface area contributed by atoms with Gasteiger partial charge in [0.25, 0.3) is 0 Å². The molecule has 0 N–H and O–H groups in total. The van der Waals surface area contributed by atoms with Crippen LogP contribution in [0.5, 0.6) is 46.0 Å². The van der Waals surface area contributed by atoms with Gasteiger partial charge in [-0.2, -0.15) is 0 Å². The highest BCUT2D eigenvalue weighted by atomic mass is 32.1. The lowest BCUT2D eigenvalue weighted by Gasteiger charge is -2.38. The third kappa shape index (κ3) is 7.06. The fraction of sp³-hybridized carbons (Fsp3) is 0.0400. The zero-order chi connectivity index (χ0) is 54.2. The van der Waals surface area contributed by atoms with Gasteiger partial charge in [0.2, 0.25) is 0 Å². The molecule has 0 unspecified atom stereocenters. The predicted molar refractivity (Wildman–Crippen MR) is 335 cm³/mol. The lowest BCUT2D eigenvalue weighted by Crippen LogP contribution is -2.20. The molecule has 0 fully saturated rings. The van der Waals surface area contributed by atoms with Gasteiger partial charge in [0, 0.05) is 25.6 Å². The van der Waals surface area contributed by atoms with E-state index in [0.29, 0.717) is 0 Å². The first-order chi connectivity index (χ1) is 40.4. The van der Waals surface area contributed by atoms with E-state index in [4.69, 9.17) is 18.9 Å². The van der Waals surface area contributed by atoms with E-state index in [-0.39, 0.29) is 5.41 Å². The van der Waals surface area contributed by atoms with Crippen LogP contribution in [0, 0.1) is 0 Å². The van der Waals surface area contributed by atoms with Crippen LogP contribution in [0.3, 0.4) is 0 Å². The highest BCUT2D eigenvalue weighted by molar-refractivity contribution is 7.25. The smallest absolute Gasteiger partial charge is 0.156 e. The van der Waals surface area contributed by atoms with E-state index >= 15 is 0 Å². The number of benzene rings is 12. The molecule has 0 amide bonds. The van der Waals surface area contributed by atoms with Crippen molar-refractivity contribution in [1.82, 2.24) is 0 Å². The Hall–Kier alpha value is -10.3. The van der Waals surface area contributed by atoms with E-state index in [1.807, 2.05) is 84.1 Å². The van der Waals surface area contributed by atoms with Crippen LogP contribution in [0.2, 0.25) is 0 Å². The number of para-hydroxylation sites is 8. The summed E-state index contributed by atoms with van der Waals surface area (Å²) in [4.78, 5) is 4.51. The molecule has 0 radical (unpaired) electrons. The predicted octanol–water partition coefficient (Wildman–Crippen LogP) is 22.1. The second-order valence-electron chi connectivity index (χ2n) is 21.9. The summed E-state index contributed by atoms with van der Waals surface area (Å²) >= 11 is 1.85. The molecule has 1 aliphatic carbocycles. The van der Waals surface area contributed by atoms with Crippen molar-refractivity contribution in [1.29, 1.82) is 0 Å². The second-order valence-corrected chi connectivity index (χ2v) is 23.0. The van der Waals surface area contributed by atoms with Crippen molar-refractivity contribution in [2.24, 2.45) is 0 Å². The van der Waals surface area contributed by atoms with Crippen molar-refractivity contribution in [2.45, 2.75) is 19.3 Å². The van der Waals surface area contributed by atoms with Crippen LogP contribution in [0.4, 0.5) is 34.1 Å². The Morgan fingerprint density at radius 3 is 1.21 bits per heavy atom. The number of ether oxygens (including phenoxy) is 4. The van der Waals surface area contributed by atoms with Gasteiger partial charge in [0.05, 0.1) is 22.7 Å². The van der Waals surface area contributed by atoms with Crippen molar-refractivity contribution < 1.29 is 18.9 Å². The highest BCUT2D eigenvalue weighted by Crippen LogP contribution is 2.62. The Morgan fingerprint density at radius 2 is 0.683 bits per heavy atom. The maximum atomic E-state index is 6.48. The number of fused-ring (bicyclic) bond motifs is 14. The molecule has 6 nitrogen and oxygen atoms in total. The largest absolute Gasteiger partial charge is 0.453 e. The van der Waals surface area contributed by atoms with E-state index in [9.17, 15) is 0 Å². The topological polar surface area (TPSA) is 43.4 Å². The van der Waals surface area contributed by atoms with Crippen molar-refractivity contribution in [2.75, 3.05) is 9.80 Å². The van der Waals surface area contributed by atoms with Gasteiger partial charge in [-0.1, -0.05) is 184 Å². The average Bonchev–Trinajstić information content (AvgIpc) is 4.15. The zero-order valence-electron chi connectivity index (χ0n) is 44.7. The summed E-state index contributed by atoms with van der Waals surface area (Å²) in [5.74, 6) is 6.50. The Morgan fingerprint density at radius 1 is 0.305 bits per heavy atom. The molecule has 0 saturated carbocycles. The SMILES string of the molecule is CC1(C)c2ccccc2-c2c(-c3ccc(-c4cc5c6c(c4)Oc4ccccc4N6c4ccccc4O5)cc3)cccc21.c1ccc2c(c1)Oc1cc(-c3ccc(-c4cccc5sc6ccccc6c45)cc3)cc3c1N2c1ccccc1O3. The molecular formula is C75H48N2O4S. The number of hydrogen-bond acceptors (Lipinski definition) is 7. The summed E-state index contributed by atoms with van der Waals surface area (Å²) in [6.07, 6.45) is 0. The maximum Gasteiger partial charge on any atom is 0.156 e. The lowest BCUT2D eigenvalue weighted by atomic mass is 9.82. The van der Waals surface area contributed by atoms with Crippen LogP contribution >= 0.6 is 11.3 Å². The van der Waals surface area contributed by atoms with Crippen LogP contribution < -0.4 is 28.7 Å². The quantitative estimate of drug-likeness (QED) is 0.175. The monoisotopic (exact) mass is 1070 g/mol. The van der Waals surface area contributed by atoms with E-state index in [2.05, 4.69) is 206 Å². The third-order valence-corrected chi connectivity index (χ3v) is 18.0. The van der Waals surface area contributed by atoms with Gasteiger partial charge in [-0.15, -0.1) is 11.3 Å². The molecule has 0 bridgehead atoms. The molecule has 12 aromatic carbocycles. The normalized spacial score (nSPS) is 13.7. The molecule has 0 spiro atoms. The van der Waals surface area contributed by atoms with Gasteiger partial charge >= 0.3 is 0 Å². The van der Waals surface area contributed by atoms with E-state index in [1.165, 1.54) is 64.7 Å². The summed E-state index contributed by atoms with van der Waals surface area (Å²) in [5, 5.41) is 2.64. The second kappa shape index (κ2) is 17.8. The minimum atomic E-state index is -0.0164. The van der Waals surface area contributed by atoms with Crippen LogP contribution in [-0.2, 0) is 5.41 Å². The fourth-order valence-electron chi connectivity index (χ4n) is 13.1. The van der Waals surface area contributed by atoms with Crippen LogP contribution in [0.25, 0.3) is 75.8 Å². The van der Waals surface area contributed by atoms with Gasteiger partial charge in [-0.3, -0.25) is 9.80 Å². The van der Waals surface area contributed by atoms with E-state index in [1.54, 1.807) is 0 Å². The number of thiophene rings is 1. The number of nitrogens with zero attached hydrogens (tertiary/aromatic N) is 2. The van der Waals surface area contributed by atoms with Gasteiger partial charge < -0.3 is 18.9 Å². The Balaban J connectivity index is 0.000000130. The summed E-state index contributed by atoms with van der Waals surface area (Å²) in [6, 6.07) is 89.8. The first-order valence-electron chi connectivity index (χ1n) is 27.8. The van der Waals surface area contributed by atoms with Gasteiger partial charge in [-0.05, 0) is 152 Å². The van der Waals surface area contributed by atoms with Crippen molar-refractivity contribution in [3.8, 4) is 102 Å². The molecule has 1 aromatic heterocycles. The molecule has 388 valence electrons. The molecular weight excluding hydrogens is 1020 g/mol. The molecule has 4 aliphatic heterocycles. The maximum absolute atomic E-state index is 6.48. The van der Waals surface area contributed by atoms with E-state index < -0.39 is 0 Å². The Bertz CT molecular complexity index is 4670. The van der Waals surface area contributed by atoms with Crippen LogP contribution in [0.1, 0.15) is 25.0 Å². The number of anilines is 6. The minimum absolute atomic E-state index is 0.0164. The summed E-state index contributed by atoms with van der Waals surface area (Å²) in [5.41, 5.74) is 20.7. The van der Waals surface area contributed by atoms with Gasteiger partial charge in [-0.25, -0.2) is 0 Å². The van der Waals surface area contributed by atoms with Crippen molar-refractivity contribution in [3.05, 3.63) is 266 Å². The standard InChI is InChI=1S/C39H27NO2.C36H21NO2S/c1-39(2)29-12-4-3-10-28(29)37-27(11-9-13-30(37)39)25-20-18-24(19-21-25)26-22-35-38-36(23-26)42-34-17-8-6-15-32(34)40(38)31-14-5-7-16-33(31)41-35;1-6-14-33-26(8-1)35-25(9-7-15-34(35)40-33)23-18-16-22(17-19-23)24-20-31-36-32(21-24)39-30-13-5-3-11-28(30)37(36)27-10-2-4-12-29(27)38-31/h3-23H,1-2H3;1-21H. The first kappa shape index (κ1) is 46.6. The summed E-state index contributed by atoms with van der Waals surface area (Å²) < 4.78 is 28.5. The third-order valence-electron chi connectivity index (χ3n) is 16.9. The molecule has 0 atom stereocenters. The minimum Gasteiger partial charge on any atom is -0.453 e. The summed E-state index contributed by atoms with van der Waals surface area (Å²) in [7, 11) is 0. The lowest BCUT2D eigenvalue weighted by molar-refractivity contribution is 0.446. The number of rotatable bonds is 4. The Kier molecular flexibility index (Phi) is 10.1.